The molecule has 1 heterocycles. The third-order valence-electron chi connectivity index (χ3n) is 1.70. The van der Waals surface area contributed by atoms with E-state index in [4.69, 9.17) is 17.0 Å². The summed E-state index contributed by atoms with van der Waals surface area (Å²) in [7, 11) is 0. The van der Waals surface area contributed by atoms with E-state index in [1.165, 1.54) is 0 Å². The number of para-hydroxylation sites is 1. The van der Waals surface area contributed by atoms with Gasteiger partial charge in [-0.3, -0.25) is 0 Å². The fourth-order valence-corrected chi connectivity index (χ4v) is 1.25. The van der Waals surface area contributed by atoms with E-state index in [1.807, 2.05) is 30.3 Å². The molecule has 74 valence electrons. The molecule has 3 nitrogen and oxygen atoms in total. The van der Waals surface area contributed by atoms with Crippen molar-refractivity contribution in [1.29, 1.82) is 0 Å². The summed E-state index contributed by atoms with van der Waals surface area (Å²) in [5.74, 6) is 1.12. The highest BCUT2D eigenvalue weighted by atomic mass is 32.1. The fourth-order valence-electron chi connectivity index (χ4n) is 1.05. The van der Waals surface area contributed by atoms with Crippen LogP contribution >= 0.6 is 12.2 Å². The molecule has 0 fully saturated rings. The Balaban J connectivity index is 2.12. The first-order valence-corrected chi connectivity index (χ1v) is 4.81. The van der Waals surface area contributed by atoms with Crippen LogP contribution in [0, 0.1) is 0 Å². The van der Waals surface area contributed by atoms with E-state index in [1.54, 1.807) is 18.5 Å². The number of nitrogens with zero attached hydrogens (tertiary/aromatic N) is 2. The molecule has 1 aromatic carbocycles. The number of benzene rings is 1. The molecule has 1 aromatic heterocycles. The molecule has 0 aliphatic heterocycles. The Kier molecular flexibility index (Phi) is 2.99. The van der Waals surface area contributed by atoms with Gasteiger partial charge in [0.05, 0.1) is 0 Å². The van der Waals surface area contributed by atoms with Gasteiger partial charge in [-0.05, 0) is 30.4 Å². The molecule has 0 saturated carbocycles. The van der Waals surface area contributed by atoms with Crippen molar-refractivity contribution in [2.75, 3.05) is 0 Å². The molecule has 0 N–H and O–H groups in total. The first-order chi connectivity index (χ1) is 7.36. The lowest BCUT2D eigenvalue weighted by Crippen LogP contribution is -2.10. The average molecular weight is 216 g/mol. The van der Waals surface area contributed by atoms with Crippen molar-refractivity contribution in [2.24, 2.45) is 0 Å². The van der Waals surface area contributed by atoms with Crippen LogP contribution in [0.5, 0.6) is 5.75 Å². The molecule has 2 rings (SSSR count). The Morgan fingerprint density at radius 3 is 2.33 bits per heavy atom. The van der Waals surface area contributed by atoms with Gasteiger partial charge in [-0.1, -0.05) is 18.2 Å². The van der Waals surface area contributed by atoms with Gasteiger partial charge in [-0.2, -0.15) is 0 Å². The van der Waals surface area contributed by atoms with Crippen molar-refractivity contribution in [1.82, 2.24) is 9.97 Å². The standard InChI is InChI=1S/C11H8N2OS/c15-11(10-12-7-4-8-13-10)14-9-5-2-1-3-6-9/h1-8H. The second-order valence-electron chi connectivity index (χ2n) is 2.77. The highest BCUT2D eigenvalue weighted by molar-refractivity contribution is 7.80. The van der Waals surface area contributed by atoms with E-state index in [2.05, 4.69) is 9.97 Å². The van der Waals surface area contributed by atoms with Crippen LogP contribution in [-0.2, 0) is 0 Å². The molecule has 0 atom stereocenters. The summed E-state index contributed by atoms with van der Waals surface area (Å²) in [6.07, 6.45) is 3.26. The number of aromatic nitrogens is 2. The van der Waals surface area contributed by atoms with Crippen molar-refractivity contribution >= 4 is 17.3 Å². The summed E-state index contributed by atoms with van der Waals surface area (Å²) >= 11 is 5.06. The van der Waals surface area contributed by atoms with Crippen LogP contribution < -0.4 is 4.74 Å². The van der Waals surface area contributed by atoms with E-state index in [-0.39, 0.29) is 5.05 Å². The van der Waals surface area contributed by atoms with Crippen LogP contribution in [0.1, 0.15) is 5.82 Å². The molecule has 0 radical (unpaired) electrons. The number of hydrogen-bond acceptors (Lipinski definition) is 4. The number of hydrogen-bond donors (Lipinski definition) is 0. The lowest BCUT2D eigenvalue weighted by molar-refractivity contribution is 0.561. The lowest BCUT2D eigenvalue weighted by atomic mass is 10.3. The van der Waals surface area contributed by atoms with Crippen molar-refractivity contribution in [3.63, 3.8) is 0 Å². The highest BCUT2D eigenvalue weighted by Crippen LogP contribution is 2.10. The third kappa shape index (κ3) is 2.57. The number of thiocarbonyl (C=S) groups is 1. The Labute approximate surface area is 92.8 Å². The van der Waals surface area contributed by atoms with Gasteiger partial charge in [-0.15, -0.1) is 0 Å². The van der Waals surface area contributed by atoms with Crippen molar-refractivity contribution in [3.8, 4) is 5.75 Å². The topological polar surface area (TPSA) is 35.0 Å². The molecule has 0 amide bonds. The first kappa shape index (κ1) is 9.73. The predicted molar refractivity (Wildman–Crippen MR) is 60.8 cm³/mol. The zero-order valence-corrected chi connectivity index (χ0v) is 8.65. The molecule has 4 heteroatoms. The molecule has 0 aliphatic carbocycles. The normalized spacial score (nSPS) is 9.60. The maximum Gasteiger partial charge on any atom is 0.235 e. The maximum atomic E-state index is 5.41. The Morgan fingerprint density at radius 2 is 1.67 bits per heavy atom. The van der Waals surface area contributed by atoms with Gasteiger partial charge < -0.3 is 4.74 Å². The predicted octanol–water partition coefficient (Wildman–Crippen LogP) is 2.23. The van der Waals surface area contributed by atoms with Gasteiger partial charge >= 0.3 is 0 Å². The minimum atomic E-state index is 0.279. The van der Waals surface area contributed by atoms with Gasteiger partial charge in [0.15, 0.2) is 0 Å². The largest absolute Gasteiger partial charge is 0.442 e. The van der Waals surface area contributed by atoms with Gasteiger partial charge in [0, 0.05) is 12.4 Å². The first-order valence-electron chi connectivity index (χ1n) is 4.40. The number of rotatable bonds is 2. The zero-order valence-electron chi connectivity index (χ0n) is 7.83. The number of ether oxygens (including phenoxy) is 1. The van der Waals surface area contributed by atoms with Crippen molar-refractivity contribution < 1.29 is 4.74 Å². The molecule has 15 heavy (non-hydrogen) atoms. The van der Waals surface area contributed by atoms with Crippen LogP contribution in [0.4, 0.5) is 0 Å². The lowest BCUT2D eigenvalue weighted by Gasteiger charge is -2.04. The minimum Gasteiger partial charge on any atom is -0.442 e. The molecule has 0 bridgehead atoms. The quantitative estimate of drug-likeness (QED) is 0.721. The van der Waals surface area contributed by atoms with Crippen LogP contribution in [-0.4, -0.2) is 15.0 Å². The summed E-state index contributed by atoms with van der Waals surface area (Å²) in [4.78, 5) is 8.00. The van der Waals surface area contributed by atoms with Crippen LogP contribution in [0.15, 0.2) is 48.8 Å². The van der Waals surface area contributed by atoms with E-state index in [0.29, 0.717) is 11.6 Å². The Bertz CT molecular complexity index is 445. The van der Waals surface area contributed by atoms with E-state index in [9.17, 15) is 0 Å². The van der Waals surface area contributed by atoms with E-state index >= 15 is 0 Å². The van der Waals surface area contributed by atoms with E-state index < -0.39 is 0 Å². The van der Waals surface area contributed by atoms with Gasteiger partial charge in [0.2, 0.25) is 10.9 Å². The minimum absolute atomic E-state index is 0.279. The van der Waals surface area contributed by atoms with Gasteiger partial charge in [0.25, 0.3) is 0 Å². The molecule has 0 saturated heterocycles. The van der Waals surface area contributed by atoms with Crippen LogP contribution in [0.25, 0.3) is 0 Å². The zero-order chi connectivity index (χ0) is 10.5. The van der Waals surface area contributed by atoms with Crippen molar-refractivity contribution in [3.05, 3.63) is 54.6 Å². The monoisotopic (exact) mass is 216 g/mol. The Morgan fingerprint density at radius 1 is 1.00 bits per heavy atom. The molecule has 0 unspecified atom stereocenters. The molecule has 0 aliphatic rings. The summed E-state index contributed by atoms with van der Waals surface area (Å²) in [6.45, 7) is 0. The van der Waals surface area contributed by atoms with Crippen molar-refractivity contribution in [2.45, 2.75) is 0 Å². The molecular formula is C11H8N2OS. The summed E-state index contributed by atoms with van der Waals surface area (Å²) < 4.78 is 5.41. The fraction of sp³-hybridized carbons (Fsp3) is 0. The van der Waals surface area contributed by atoms with Crippen LogP contribution in [0.3, 0.4) is 0 Å². The second kappa shape index (κ2) is 4.61. The third-order valence-corrected chi connectivity index (χ3v) is 1.97. The second-order valence-corrected chi connectivity index (χ2v) is 3.15. The van der Waals surface area contributed by atoms with Gasteiger partial charge in [0.1, 0.15) is 5.75 Å². The smallest absolute Gasteiger partial charge is 0.235 e. The summed E-state index contributed by atoms with van der Waals surface area (Å²) in [5, 5.41) is 0.279. The Hall–Kier alpha value is -1.81. The molecular weight excluding hydrogens is 208 g/mol. The summed E-state index contributed by atoms with van der Waals surface area (Å²) in [6, 6.07) is 11.1. The molecule has 0 spiro atoms. The van der Waals surface area contributed by atoms with Crippen LogP contribution in [0.2, 0.25) is 0 Å². The SMILES string of the molecule is S=C(Oc1ccccc1)c1ncccn1. The average Bonchev–Trinajstić information content (AvgIpc) is 2.31. The van der Waals surface area contributed by atoms with Gasteiger partial charge in [-0.25, -0.2) is 9.97 Å². The summed E-state index contributed by atoms with van der Waals surface area (Å²) in [5.41, 5.74) is 0. The molecule has 2 aromatic rings. The maximum absolute atomic E-state index is 5.41. The highest BCUT2D eigenvalue weighted by Gasteiger charge is 2.05. The van der Waals surface area contributed by atoms with E-state index in [0.717, 1.165) is 0 Å².